The third kappa shape index (κ3) is 2.79. The van der Waals surface area contributed by atoms with E-state index in [-0.39, 0.29) is 5.69 Å². The summed E-state index contributed by atoms with van der Waals surface area (Å²) in [7, 11) is 0. The van der Waals surface area contributed by atoms with Gasteiger partial charge in [0.1, 0.15) is 11.5 Å². The average molecular weight is 298 g/mol. The van der Waals surface area contributed by atoms with Crippen molar-refractivity contribution in [3.05, 3.63) is 83.2 Å². The van der Waals surface area contributed by atoms with Crippen LogP contribution in [0.2, 0.25) is 0 Å². The van der Waals surface area contributed by atoms with Crippen molar-refractivity contribution in [1.29, 1.82) is 0 Å². The van der Waals surface area contributed by atoms with Gasteiger partial charge in [-0.3, -0.25) is 4.79 Å². The SMILES string of the molecule is O=Cc1cn(-c2ccc(F)cc2F)nc1Cc1ccccc1. The van der Waals surface area contributed by atoms with Gasteiger partial charge in [0, 0.05) is 18.7 Å². The van der Waals surface area contributed by atoms with Crippen LogP contribution in [0.3, 0.4) is 0 Å². The summed E-state index contributed by atoms with van der Waals surface area (Å²) in [5.41, 5.74) is 2.02. The number of hydrogen-bond donors (Lipinski definition) is 0. The molecule has 0 aliphatic carbocycles. The highest BCUT2D eigenvalue weighted by Crippen LogP contribution is 2.18. The molecule has 0 aliphatic rings. The van der Waals surface area contributed by atoms with Crippen molar-refractivity contribution in [2.45, 2.75) is 6.42 Å². The lowest BCUT2D eigenvalue weighted by Gasteiger charge is -2.03. The van der Waals surface area contributed by atoms with E-state index in [1.807, 2.05) is 30.3 Å². The Morgan fingerprint density at radius 3 is 2.55 bits per heavy atom. The van der Waals surface area contributed by atoms with Crippen LogP contribution in [0.15, 0.2) is 54.7 Å². The Balaban J connectivity index is 1.99. The largest absolute Gasteiger partial charge is 0.298 e. The molecule has 2 aromatic carbocycles. The van der Waals surface area contributed by atoms with E-state index in [1.165, 1.54) is 16.9 Å². The highest BCUT2D eigenvalue weighted by molar-refractivity contribution is 5.76. The minimum Gasteiger partial charge on any atom is -0.298 e. The third-order valence-electron chi connectivity index (χ3n) is 3.32. The summed E-state index contributed by atoms with van der Waals surface area (Å²) in [4.78, 5) is 11.2. The van der Waals surface area contributed by atoms with E-state index in [1.54, 1.807) is 0 Å². The number of hydrogen-bond acceptors (Lipinski definition) is 2. The van der Waals surface area contributed by atoms with Gasteiger partial charge in [-0.2, -0.15) is 5.10 Å². The summed E-state index contributed by atoms with van der Waals surface area (Å²) in [6.45, 7) is 0. The zero-order valence-electron chi connectivity index (χ0n) is 11.5. The van der Waals surface area contributed by atoms with Crippen molar-refractivity contribution in [3.8, 4) is 5.69 Å². The number of carbonyl (C=O) groups excluding carboxylic acids is 1. The fourth-order valence-electron chi connectivity index (χ4n) is 2.24. The van der Waals surface area contributed by atoms with E-state index in [4.69, 9.17) is 0 Å². The third-order valence-corrected chi connectivity index (χ3v) is 3.32. The van der Waals surface area contributed by atoms with Crippen molar-refractivity contribution in [1.82, 2.24) is 9.78 Å². The van der Waals surface area contributed by atoms with Gasteiger partial charge in [0.15, 0.2) is 12.1 Å². The van der Waals surface area contributed by atoms with E-state index < -0.39 is 11.6 Å². The van der Waals surface area contributed by atoms with Crippen LogP contribution in [0.4, 0.5) is 8.78 Å². The molecular formula is C17H12F2N2O. The van der Waals surface area contributed by atoms with Gasteiger partial charge in [0.05, 0.1) is 11.3 Å². The van der Waals surface area contributed by atoms with Gasteiger partial charge in [0.2, 0.25) is 0 Å². The highest BCUT2D eigenvalue weighted by atomic mass is 19.1. The second-order valence-electron chi connectivity index (χ2n) is 4.85. The molecule has 0 N–H and O–H groups in total. The van der Waals surface area contributed by atoms with Crippen LogP contribution in [-0.4, -0.2) is 16.1 Å². The molecule has 0 saturated carbocycles. The van der Waals surface area contributed by atoms with Crippen LogP contribution in [-0.2, 0) is 6.42 Å². The number of rotatable bonds is 4. The molecule has 5 heteroatoms. The Hall–Kier alpha value is -2.82. The predicted octanol–water partition coefficient (Wildman–Crippen LogP) is 3.55. The first-order valence-electron chi connectivity index (χ1n) is 6.70. The molecule has 22 heavy (non-hydrogen) atoms. The minimum absolute atomic E-state index is 0.101. The van der Waals surface area contributed by atoms with E-state index in [0.29, 0.717) is 24.0 Å². The van der Waals surface area contributed by atoms with Gasteiger partial charge < -0.3 is 0 Å². The summed E-state index contributed by atoms with van der Waals surface area (Å²) in [5, 5.41) is 4.26. The van der Waals surface area contributed by atoms with Crippen molar-refractivity contribution in [2.24, 2.45) is 0 Å². The predicted molar refractivity (Wildman–Crippen MR) is 78.1 cm³/mol. The van der Waals surface area contributed by atoms with Gasteiger partial charge in [-0.05, 0) is 17.7 Å². The monoisotopic (exact) mass is 298 g/mol. The highest BCUT2D eigenvalue weighted by Gasteiger charge is 2.13. The molecule has 110 valence electrons. The molecule has 1 aromatic heterocycles. The molecule has 0 amide bonds. The van der Waals surface area contributed by atoms with Gasteiger partial charge in [-0.1, -0.05) is 30.3 Å². The molecule has 0 radical (unpaired) electrons. The first-order chi connectivity index (χ1) is 10.7. The molecule has 0 fully saturated rings. The Kier molecular flexibility index (Phi) is 3.78. The van der Waals surface area contributed by atoms with Crippen LogP contribution in [0, 0.1) is 11.6 Å². The molecule has 3 rings (SSSR count). The van der Waals surface area contributed by atoms with Crippen LogP contribution in [0.25, 0.3) is 5.69 Å². The Morgan fingerprint density at radius 2 is 1.86 bits per heavy atom. The lowest BCUT2D eigenvalue weighted by molar-refractivity contribution is 0.112. The summed E-state index contributed by atoms with van der Waals surface area (Å²) in [6, 6.07) is 12.8. The summed E-state index contributed by atoms with van der Waals surface area (Å²) >= 11 is 0. The molecule has 0 atom stereocenters. The second kappa shape index (κ2) is 5.89. The first kappa shape index (κ1) is 14.1. The van der Waals surface area contributed by atoms with Gasteiger partial charge in [0.25, 0.3) is 0 Å². The molecule has 1 heterocycles. The molecule has 3 nitrogen and oxygen atoms in total. The topological polar surface area (TPSA) is 34.9 Å². The fourth-order valence-corrected chi connectivity index (χ4v) is 2.24. The smallest absolute Gasteiger partial charge is 0.153 e. The molecule has 0 saturated heterocycles. The van der Waals surface area contributed by atoms with E-state index in [0.717, 1.165) is 17.7 Å². The number of carbonyl (C=O) groups is 1. The number of aromatic nitrogens is 2. The zero-order chi connectivity index (χ0) is 15.5. The Bertz CT molecular complexity index is 813. The summed E-state index contributed by atoms with van der Waals surface area (Å²) in [5.74, 6) is -1.39. The Labute approximate surface area is 125 Å². The van der Waals surface area contributed by atoms with Crippen LogP contribution >= 0.6 is 0 Å². The van der Waals surface area contributed by atoms with Gasteiger partial charge in [-0.15, -0.1) is 0 Å². The fraction of sp³-hybridized carbons (Fsp3) is 0.0588. The Morgan fingerprint density at radius 1 is 1.09 bits per heavy atom. The second-order valence-corrected chi connectivity index (χ2v) is 4.85. The van der Waals surface area contributed by atoms with Crippen LogP contribution < -0.4 is 0 Å². The van der Waals surface area contributed by atoms with E-state index in [2.05, 4.69) is 5.10 Å². The maximum atomic E-state index is 13.8. The quantitative estimate of drug-likeness (QED) is 0.690. The van der Waals surface area contributed by atoms with Gasteiger partial charge >= 0.3 is 0 Å². The molecule has 0 unspecified atom stereocenters. The molecule has 3 aromatic rings. The maximum absolute atomic E-state index is 13.8. The minimum atomic E-state index is -0.730. The van der Waals surface area contributed by atoms with E-state index >= 15 is 0 Å². The zero-order valence-corrected chi connectivity index (χ0v) is 11.5. The number of aldehydes is 1. The lowest BCUT2D eigenvalue weighted by atomic mass is 10.1. The molecule has 0 bridgehead atoms. The lowest BCUT2D eigenvalue weighted by Crippen LogP contribution is -2.00. The number of halogens is 2. The maximum Gasteiger partial charge on any atom is 0.153 e. The van der Waals surface area contributed by atoms with Crippen LogP contribution in [0.5, 0.6) is 0 Å². The summed E-state index contributed by atoms with van der Waals surface area (Å²) < 4.78 is 28.1. The first-order valence-corrected chi connectivity index (χ1v) is 6.70. The van der Waals surface area contributed by atoms with Gasteiger partial charge in [-0.25, -0.2) is 13.5 Å². The number of benzene rings is 2. The van der Waals surface area contributed by atoms with Crippen molar-refractivity contribution in [3.63, 3.8) is 0 Å². The summed E-state index contributed by atoms with van der Waals surface area (Å²) in [6.07, 6.45) is 2.59. The normalized spacial score (nSPS) is 10.6. The van der Waals surface area contributed by atoms with Crippen molar-refractivity contribution < 1.29 is 13.6 Å². The van der Waals surface area contributed by atoms with Crippen LogP contribution in [0.1, 0.15) is 21.6 Å². The average Bonchev–Trinajstić information content (AvgIpc) is 2.91. The molecule has 0 spiro atoms. The van der Waals surface area contributed by atoms with Crippen molar-refractivity contribution >= 4 is 6.29 Å². The molecule has 0 aliphatic heterocycles. The standard InChI is InChI=1S/C17H12F2N2O/c18-14-6-7-17(15(19)9-14)21-10-13(11-22)16(20-21)8-12-4-2-1-3-5-12/h1-7,9-11H,8H2. The molecular weight excluding hydrogens is 286 g/mol. The van der Waals surface area contributed by atoms with Crippen molar-refractivity contribution in [2.75, 3.05) is 0 Å². The van der Waals surface area contributed by atoms with E-state index in [9.17, 15) is 13.6 Å². The number of nitrogens with zero attached hydrogens (tertiary/aromatic N) is 2.